The first-order chi connectivity index (χ1) is 13.9. The zero-order valence-electron chi connectivity index (χ0n) is 16.1. The summed E-state index contributed by atoms with van der Waals surface area (Å²) in [7, 11) is 0. The fourth-order valence-electron chi connectivity index (χ4n) is 3.12. The first kappa shape index (κ1) is 21.4. The second-order valence-corrected chi connectivity index (χ2v) is 7.65. The maximum atomic E-state index is 12.6. The van der Waals surface area contributed by atoms with Crippen LogP contribution in [0.1, 0.15) is 12.5 Å². The average Bonchev–Trinajstić information content (AvgIpc) is 2.72. The van der Waals surface area contributed by atoms with Crippen LogP contribution in [0.25, 0.3) is 0 Å². The van der Waals surface area contributed by atoms with Crippen molar-refractivity contribution in [1.82, 2.24) is 9.88 Å². The van der Waals surface area contributed by atoms with E-state index >= 15 is 0 Å². The van der Waals surface area contributed by atoms with E-state index in [1.807, 2.05) is 24.3 Å². The molecule has 3 rings (SSSR count). The van der Waals surface area contributed by atoms with Crippen LogP contribution in [0.2, 0.25) is 0 Å². The first-order valence-electron chi connectivity index (χ1n) is 9.39. The topological polar surface area (TPSA) is 48.5 Å². The molecule has 1 aliphatic rings. The van der Waals surface area contributed by atoms with Crippen molar-refractivity contribution in [1.29, 1.82) is 0 Å². The minimum atomic E-state index is -4.42. The zero-order valence-corrected chi connectivity index (χ0v) is 16.9. The average molecular weight is 424 g/mol. The molecule has 0 atom stereocenters. The molecule has 1 aliphatic heterocycles. The third-order valence-electron chi connectivity index (χ3n) is 4.75. The lowest BCUT2D eigenvalue weighted by atomic mass is 10.2. The number of benzene rings is 1. The molecule has 0 unspecified atom stereocenters. The molecule has 2 aromatic rings. The van der Waals surface area contributed by atoms with Gasteiger partial charge >= 0.3 is 6.18 Å². The summed E-state index contributed by atoms with van der Waals surface area (Å²) in [5, 5.41) is 3.29. The molecular formula is C20H23F3N4OS. The van der Waals surface area contributed by atoms with Gasteiger partial charge in [0.15, 0.2) is 0 Å². The third-order valence-corrected chi connectivity index (χ3v) is 5.70. The Bertz CT molecular complexity index is 821. The van der Waals surface area contributed by atoms with Crippen molar-refractivity contribution in [2.24, 2.45) is 0 Å². The van der Waals surface area contributed by atoms with Crippen molar-refractivity contribution in [2.75, 3.05) is 48.7 Å². The summed E-state index contributed by atoms with van der Waals surface area (Å²) < 4.78 is 37.8. The number of amides is 1. The van der Waals surface area contributed by atoms with Crippen LogP contribution in [0, 0.1) is 0 Å². The largest absolute Gasteiger partial charge is 0.417 e. The van der Waals surface area contributed by atoms with E-state index in [2.05, 4.69) is 27.0 Å². The number of para-hydroxylation sites is 2. The quantitative estimate of drug-likeness (QED) is 0.711. The molecule has 1 fully saturated rings. The maximum absolute atomic E-state index is 12.6. The fraction of sp³-hybridized carbons (Fsp3) is 0.400. The van der Waals surface area contributed by atoms with Crippen LogP contribution in [0.3, 0.4) is 0 Å². The van der Waals surface area contributed by atoms with Crippen molar-refractivity contribution >= 4 is 29.0 Å². The molecule has 156 valence electrons. The van der Waals surface area contributed by atoms with Crippen LogP contribution in [0.15, 0.2) is 47.6 Å². The van der Waals surface area contributed by atoms with Crippen LogP contribution in [-0.2, 0) is 11.0 Å². The number of alkyl halides is 3. The molecule has 1 saturated heterocycles. The number of carbonyl (C=O) groups excluding carboxylic acids is 1. The van der Waals surface area contributed by atoms with Gasteiger partial charge in [-0.05, 0) is 30.8 Å². The van der Waals surface area contributed by atoms with Crippen LogP contribution in [-0.4, -0.2) is 54.3 Å². The summed E-state index contributed by atoms with van der Waals surface area (Å²) in [6, 6.07) is 9.91. The van der Waals surface area contributed by atoms with E-state index < -0.39 is 11.7 Å². The predicted octanol–water partition coefficient (Wildman–Crippen LogP) is 3.97. The lowest BCUT2D eigenvalue weighted by Crippen LogP contribution is -2.46. The summed E-state index contributed by atoms with van der Waals surface area (Å²) in [4.78, 5) is 20.8. The normalized spacial score (nSPS) is 15.4. The highest BCUT2D eigenvalue weighted by Crippen LogP contribution is 2.30. The van der Waals surface area contributed by atoms with Gasteiger partial charge in [-0.2, -0.15) is 13.2 Å². The molecule has 0 radical (unpaired) electrons. The Kier molecular flexibility index (Phi) is 7.02. The third kappa shape index (κ3) is 5.86. The highest BCUT2D eigenvalue weighted by Gasteiger charge is 2.30. The number of aromatic nitrogens is 1. The summed E-state index contributed by atoms with van der Waals surface area (Å²) >= 11 is 1.10. The SMILES string of the molecule is CCN1CCN(c2ccccc2NC(=O)CSc2ccc(C(F)(F)F)cn2)CC1. The molecule has 9 heteroatoms. The zero-order chi connectivity index (χ0) is 20.9. The van der Waals surface area contributed by atoms with Crippen LogP contribution in [0.5, 0.6) is 0 Å². The fourth-order valence-corrected chi connectivity index (χ4v) is 3.76. The molecule has 29 heavy (non-hydrogen) atoms. The maximum Gasteiger partial charge on any atom is 0.417 e. The number of rotatable bonds is 6. The van der Waals surface area contributed by atoms with Gasteiger partial charge in [-0.1, -0.05) is 30.8 Å². The van der Waals surface area contributed by atoms with Crippen molar-refractivity contribution in [3.8, 4) is 0 Å². The highest BCUT2D eigenvalue weighted by atomic mass is 32.2. The molecule has 1 aromatic carbocycles. The van der Waals surface area contributed by atoms with Gasteiger partial charge in [0.1, 0.15) is 0 Å². The lowest BCUT2D eigenvalue weighted by Gasteiger charge is -2.36. The highest BCUT2D eigenvalue weighted by molar-refractivity contribution is 7.99. The number of anilines is 2. The summed E-state index contributed by atoms with van der Waals surface area (Å²) in [5.41, 5.74) is 0.918. The molecule has 0 saturated carbocycles. The first-order valence-corrected chi connectivity index (χ1v) is 10.4. The van der Waals surface area contributed by atoms with Crippen molar-refractivity contribution in [2.45, 2.75) is 18.1 Å². The minimum Gasteiger partial charge on any atom is -0.367 e. The van der Waals surface area contributed by atoms with Gasteiger partial charge in [0, 0.05) is 32.4 Å². The Morgan fingerprint density at radius 3 is 2.48 bits per heavy atom. The number of halogens is 3. The number of nitrogens with one attached hydrogen (secondary N) is 1. The van der Waals surface area contributed by atoms with Gasteiger partial charge in [0.05, 0.1) is 27.7 Å². The number of hydrogen-bond donors (Lipinski definition) is 1. The van der Waals surface area contributed by atoms with Gasteiger partial charge in [-0.25, -0.2) is 4.98 Å². The van der Waals surface area contributed by atoms with Gasteiger partial charge in [-0.3, -0.25) is 4.79 Å². The number of nitrogens with zero attached hydrogens (tertiary/aromatic N) is 3. The van der Waals surface area contributed by atoms with E-state index in [1.165, 1.54) is 6.07 Å². The van der Waals surface area contributed by atoms with Crippen molar-refractivity contribution < 1.29 is 18.0 Å². The lowest BCUT2D eigenvalue weighted by molar-refractivity contribution is -0.137. The molecule has 1 amide bonds. The van der Waals surface area contributed by atoms with E-state index in [4.69, 9.17) is 0 Å². The van der Waals surface area contributed by atoms with Crippen molar-refractivity contribution in [3.63, 3.8) is 0 Å². The Hall–Kier alpha value is -2.26. The molecule has 2 heterocycles. The number of piperazine rings is 1. The van der Waals surface area contributed by atoms with Crippen LogP contribution < -0.4 is 10.2 Å². The monoisotopic (exact) mass is 424 g/mol. The molecule has 0 bridgehead atoms. The predicted molar refractivity (Wildman–Crippen MR) is 109 cm³/mol. The second kappa shape index (κ2) is 9.49. The van der Waals surface area contributed by atoms with E-state index in [0.717, 1.165) is 68.1 Å². The van der Waals surface area contributed by atoms with Crippen LogP contribution >= 0.6 is 11.8 Å². The van der Waals surface area contributed by atoms with E-state index in [1.54, 1.807) is 0 Å². The second-order valence-electron chi connectivity index (χ2n) is 6.66. The number of thioether (sulfide) groups is 1. The Morgan fingerprint density at radius 2 is 1.86 bits per heavy atom. The Balaban J connectivity index is 1.57. The summed E-state index contributed by atoms with van der Waals surface area (Å²) in [6.45, 7) is 6.92. The van der Waals surface area contributed by atoms with Crippen LogP contribution in [0.4, 0.5) is 24.5 Å². The number of hydrogen-bond acceptors (Lipinski definition) is 5. The summed E-state index contributed by atoms with van der Waals surface area (Å²) in [6.07, 6.45) is -3.63. The van der Waals surface area contributed by atoms with Gasteiger partial charge in [-0.15, -0.1) is 0 Å². The van der Waals surface area contributed by atoms with E-state index in [9.17, 15) is 18.0 Å². The summed E-state index contributed by atoms with van der Waals surface area (Å²) in [5.74, 6) is -0.160. The molecule has 0 aliphatic carbocycles. The molecule has 1 N–H and O–H groups in total. The van der Waals surface area contributed by atoms with E-state index in [0.29, 0.717) is 5.03 Å². The van der Waals surface area contributed by atoms with Crippen molar-refractivity contribution in [3.05, 3.63) is 48.2 Å². The molecule has 1 aromatic heterocycles. The number of pyridine rings is 1. The smallest absolute Gasteiger partial charge is 0.367 e. The minimum absolute atomic E-state index is 0.0658. The molecule has 0 spiro atoms. The number of likely N-dealkylation sites (N-methyl/N-ethyl adjacent to an activating group) is 1. The molecular weight excluding hydrogens is 401 g/mol. The number of carbonyl (C=O) groups is 1. The van der Waals surface area contributed by atoms with Gasteiger partial charge in [0.2, 0.25) is 5.91 Å². The Morgan fingerprint density at radius 1 is 1.14 bits per heavy atom. The van der Waals surface area contributed by atoms with Gasteiger partial charge < -0.3 is 15.1 Å². The Labute approximate surface area is 172 Å². The van der Waals surface area contributed by atoms with E-state index in [-0.39, 0.29) is 11.7 Å². The van der Waals surface area contributed by atoms with Gasteiger partial charge in [0.25, 0.3) is 0 Å². The molecule has 5 nitrogen and oxygen atoms in total. The standard InChI is InChI=1S/C20H23F3N4OS/c1-2-26-9-11-27(12-10-26)17-6-4-3-5-16(17)25-18(28)14-29-19-8-7-15(13-24-19)20(21,22)23/h3-8,13H,2,9-12,14H2,1H3,(H,25,28).